The van der Waals surface area contributed by atoms with Crippen molar-refractivity contribution >= 4 is 27.1 Å². The van der Waals surface area contributed by atoms with Crippen molar-refractivity contribution in [3.63, 3.8) is 0 Å². The van der Waals surface area contributed by atoms with Crippen LogP contribution in [0.4, 0.5) is 17.1 Å². The van der Waals surface area contributed by atoms with Crippen LogP contribution in [0.2, 0.25) is 0 Å². The number of sulfonamides is 1. The Hall–Kier alpha value is -3.33. The fourth-order valence-corrected chi connectivity index (χ4v) is 3.55. The molecule has 27 heavy (non-hydrogen) atoms. The molecule has 8 nitrogen and oxygen atoms in total. The highest BCUT2D eigenvalue weighted by molar-refractivity contribution is 7.92. The summed E-state index contributed by atoms with van der Waals surface area (Å²) < 4.78 is 32.6. The maximum atomic E-state index is 12.5. The van der Waals surface area contributed by atoms with Crippen LogP contribution in [-0.4, -0.2) is 19.9 Å². The zero-order valence-corrected chi connectivity index (χ0v) is 15.0. The number of nitrogens with one attached hydrogen (secondary N) is 2. The average Bonchev–Trinajstić information content (AvgIpc) is 3.15. The van der Waals surface area contributed by atoms with Gasteiger partial charge in [0.15, 0.2) is 0 Å². The second-order valence-corrected chi connectivity index (χ2v) is 7.35. The van der Waals surface area contributed by atoms with Gasteiger partial charge in [-0.05, 0) is 36.4 Å². The average molecular weight is 387 g/mol. The summed E-state index contributed by atoms with van der Waals surface area (Å²) in [5.41, 5.74) is 0.302. The van der Waals surface area contributed by atoms with Gasteiger partial charge in [0.2, 0.25) is 0 Å². The van der Waals surface area contributed by atoms with E-state index in [4.69, 9.17) is 4.42 Å². The molecule has 1 aromatic heterocycles. The SMILES string of the molecule is O=[N+]([O-])c1cc(S(=O)(=O)Nc2ccccc2)ccc1NCCc1ccco1. The molecule has 0 atom stereocenters. The van der Waals surface area contributed by atoms with Gasteiger partial charge in [-0.3, -0.25) is 14.8 Å². The van der Waals surface area contributed by atoms with Crippen LogP contribution < -0.4 is 10.0 Å². The number of nitro groups is 1. The van der Waals surface area contributed by atoms with E-state index in [1.807, 2.05) is 0 Å². The maximum Gasteiger partial charge on any atom is 0.293 e. The topological polar surface area (TPSA) is 114 Å². The Morgan fingerprint density at radius 2 is 1.81 bits per heavy atom. The van der Waals surface area contributed by atoms with Crippen LogP contribution in [0.25, 0.3) is 0 Å². The molecule has 0 aliphatic carbocycles. The van der Waals surface area contributed by atoms with Crippen LogP contribution in [-0.2, 0) is 16.4 Å². The van der Waals surface area contributed by atoms with Crippen molar-refractivity contribution in [1.82, 2.24) is 0 Å². The minimum absolute atomic E-state index is 0.186. The summed E-state index contributed by atoms with van der Waals surface area (Å²) in [5, 5.41) is 14.3. The van der Waals surface area contributed by atoms with E-state index in [1.165, 1.54) is 12.1 Å². The number of nitro benzene ring substituents is 1. The summed E-state index contributed by atoms with van der Waals surface area (Å²) in [6, 6.07) is 15.6. The van der Waals surface area contributed by atoms with Crippen LogP contribution in [0.5, 0.6) is 0 Å². The highest BCUT2D eigenvalue weighted by Crippen LogP contribution is 2.28. The monoisotopic (exact) mass is 387 g/mol. The van der Waals surface area contributed by atoms with Crippen molar-refractivity contribution in [2.24, 2.45) is 0 Å². The predicted molar refractivity (Wildman–Crippen MR) is 101 cm³/mol. The predicted octanol–water partition coefficient (Wildman–Crippen LogP) is 3.64. The van der Waals surface area contributed by atoms with E-state index in [2.05, 4.69) is 10.0 Å². The number of furan rings is 1. The summed E-state index contributed by atoms with van der Waals surface area (Å²) >= 11 is 0. The molecule has 9 heteroatoms. The number of hydrogen-bond acceptors (Lipinski definition) is 6. The van der Waals surface area contributed by atoms with E-state index in [0.29, 0.717) is 18.7 Å². The number of rotatable bonds is 8. The Kier molecular flexibility index (Phi) is 5.41. The normalized spacial score (nSPS) is 11.1. The molecule has 3 rings (SSSR count). The molecule has 0 radical (unpaired) electrons. The Morgan fingerprint density at radius 3 is 2.48 bits per heavy atom. The lowest BCUT2D eigenvalue weighted by Crippen LogP contribution is -2.14. The molecule has 0 unspecified atom stereocenters. The van der Waals surface area contributed by atoms with Crippen molar-refractivity contribution in [2.75, 3.05) is 16.6 Å². The third-order valence-corrected chi connectivity index (χ3v) is 5.15. The first-order valence-electron chi connectivity index (χ1n) is 8.08. The molecule has 0 aliphatic rings. The van der Waals surface area contributed by atoms with Gasteiger partial charge in [-0.25, -0.2) is 8.42 Å². The standard InChI is InChI=1S/C18H17N3O5S/c22-21(23)18-13-16(27(24,25)20-14-5-2-1-3-6-14)8-9-17(18)19-11-10-15-7-4-12-26-15/h1-9,12-13,19-20H,10-11H2. The fourth-order valence-electron chi connectivity index (χ4n) is 2.47. The second-order valence-electron chi connectivity index (χ2n) is 5.66. The van der Waals surface area contributed by atoms with Crippen molar-refractivity contribution in [3.05, 3.63) is 82.8 Å². The first-order valence-corrected chi connectivity index (χ1v) is 9.56. The molecule has 0 bridgehead atoms. The molecule has 0 spiro atoms. The third-order valence-electron chi connectivity index (χ3n) is 3.77. The summed E-state index contributed by atoms with van der Waals surface area (Å²) in [6.07, 6.45) is 2.09. The van der Waals surface area contributed by atoms with Crippen LogP contribution in [0.1, 0.15) is 5.76 Å². The summed E-state index contributed by atoms with van der Waals surface area (Å²) in [4.78, 5) is 10.6. The van der Waals surface area contributed by atoms with E-state index >= 15 is 0 Å². The number of para-hydroxylation sites is 1. The van der Waals surface area contributed by atoms with E-state index in [0.717, 1.165) is 11.8 Å². The van der Waals surface area contributed by atoms with Crippen molar-refractivity contribution in [2.45, 2.75) is 11.3 Å². The lowest BCUT2D eigenvalue weighted by atomic mass is 10.2. The smallest absolute Gasteiger partial charge is 0.293 e. The summed E-state index contributed by atoms with van der Waals surface area (Å²) in [6.45, 7) is 0.405. The van der Waals surface area contributed by atoms with Crippen LogP contribution in [0.15, 0.2) is 76.2 Å². The van der Waals surface area contributed by atoms with Gasteiger partial charge in [-0.15, -0.1) is 0 Å². The first-order chi connectivity index (χ1) is 13.0. The van der Waals surface area contributed by atoms with Crippen LogP contribution >= 0.6 is 0 Å². The summed E-state index contributed by atoms with van der Waals surface area (Å²) in [7, 11) is -3.94. The maximum absolute atomic E-state index is 12.5. The van der Waals surface area contributed by atoms with Gasteiger partial charge in [0.25, 0.3) is 15.7 Å². The van der Waals surface area contributed by atoms with E-state index in [9.17, 15) is 18.5 Å². The van der Waals surface area contributed by atoms with E-state index in [1.54, 1.807) is 48.7 Å². The molecule has 2 aromatic carbocycles. The lowest BCUT2D eigenvalue weighted by Gasteiger charge is -2.10. The van der Waals surface area contributed by atoms with Gasteiger partial charge in [-0.1, -0.05) is 18.2 Å². The molecular formula is C18H17N3O5S. The largest absolute Gasteiger partial charge is 0.469 e. The van der Waals surface area contributed by atoms with Crippen molar-refractivity contribution < 1.29 is 17.8 Å². The number of nitrogens with zero attached hydrogens (tertiary/aromatic N) is 1. The second kappa shape index (κ2) is 7.92. The highest BCUT2D eigenvalue weighted by atomic mass is 32.2. The molecule has 2 N–H and O–H groups in total. The van der Waals surface area contributed by atoms with E-state index < -0.39 is 14.9 Å². The van der Waals surface area contributed by atoms with Crippen LogP contribution in [0.3, 0.4) is 0 Å². The Morgan fingerprint density at radius 1 is 1.04 bits per heavy atom. The van der Waals surface area contributed by atoms with Gasteiger partial charge in [0, 0.05) is 24.7 Å². The number of benzene rings is 2. The molecule has 0 amide bonds. The number of anilines is 2. The van der Waals surface area contributed by atoms with Gasteiger partial charge in [-0.2, -0.15) is 0 Å². The zero-order valence-electron chi connectivity index (χ0n) is 14.2. The molecule has 0 saturated carbocycles. The quantitative estimate of drug-likeness (QED) is 0.450. The third kappa shape index (κ3) is 4.64. The van der Waals surface area contributed by atoms with Crippen LogP contribution in [0, 0.1) is 10.1 Å². The first kappa shape index (κ1) is 18.5. The van der Waals surface area contributed by atoms with Crippen molar-refractivity contribution in [3.8, 4) is 0 Å². The van der Waals surface area contributed by atoms with Gasteiger partial charge in [0.05, 0.1) is 16.1 Å². The fraction of sp³-hybridized carbons (Fsp3) is 0.111. The molecule has 0 fully saturated rings. The Bertz CT molecular complexity index is 1020. The van der Waals surface area contributed by atoms with E-state index in [-0.39, 0.29) is 16.3 Å². The van der Waals surface area contributed by atoms with Gasteiger partial charge in [0.1, 0.15) is 11.4 Å². The number of hydrogen-bond donors (Lipinski definition) is 2. The lowest BCUT2D eigenvalue weighted by molar-refractivity contribution is -0.384. The molecular weight excluding hydrogens is 370 g/mol. The molecule has 0 aliphatic heterocycles. The van der Waals surface area contributed by atoms with Gasteiger partial charge < -0.3 is 9.73 Å². The molecule has 140 valence electrons. The molecule has 0 saturated heterocycles. The van der Waals surface area contributed by atoms with Crippen molar-refractivity contribution in [1.29, 1.82) is 0 Å². The Balaban J connectivity index is 1.79. The summed E-state index contributed by atoms with van der Waals surface area (Å²) in [5.74, 6) is 0.747. The van der Waals surface area contributed by atoms with Gasteiger partial charge >= 0.3 is 0 Å². The molecule has 1 heterocycles. The zero-order chi connectivity index (χ0) is 19.3. The highest BCUT2D eigenvalue weighted by Gasteiger charge is 2.21. The minimum atomic E-state index is -3.94. The minimum Gasteiger partial charge on any atom is -0.469 e. The Labute approximate surface area is 156 Å². The molecule has 3 aromatic rings.